The lowest BCUT2D eigenvalue weighted by Gasteiger charge is -2.06. The van der Waals surface area contributed by atoms with Crippen molar-refractivity contribution in [3.05, 3.63) is 103 Å². The highest BCUT2D eigenvalue weighted by Crippen LogP contribution is 2.35. The average Bonchev–Trinajstić information content (AvgIpc) is 2.74. The van der Waals surface area contributed by atoms with Crippen LogP contribution in [0.3, 0.4) is 0 Å². The Kier molecular flexibility index (Phi) is 4.70. The number of hydrogen-bond donors (Lipinski definition) is 0. The lowest BCUT2D eigenvalue weighted by Crippen LogP contribution is -2.04. The molecular weight excluding hydrogens is 361 g/mol. The molecule has 138 valence electrons. The number of hydrogen-bond acceptors (Lipinski definition) is 0. The second-order valence-corrected chi connectivity index (χ2v) is 6.38. The Morgan fingerprint density at radius 3 is 1.46 bits per heavy atom. The van der Waals surface area contributed by atoms with Gasteiger partial charge < -0.3 is 0 Å². The summed E-state index contributed by atoms with van der Waals surface area (Å²) in [4.78, 5) is 0. The Bertz CT molecular complexity index is 1010. The Labute approximate surface area is 160 Å². The minimum atomic E-state index is -4.36. The molecule has 0 aliphatic heterocycles. The van der Waals surface area contributed by atoms with E-state index in [0.717, 1.165) is 28.8 Å². The van der Waals surface area contributed by atoms with Crippen molar-refractivity contribution >= 4 is 0 Å². The summed E-state index contributed by atoms with van der Waals surface area (Å²) < 4.78 is 44.7. The van der Waals surface area contributed by atoms with E-state index in [1.54, 1.807) is 0 Å². The van der Waals surface area contributed by atoms with Crippen LogP contribution in [0.2, 0.25) is 0 Å². The molecule has 28 heavy (non-hydrogen) atoms. The minimum Gasteiger partial charge on any atom is -0.207 e. The normalized spacial score (nSPS) is 11.4. The van der Waals surface area contributed by atoms with E-state index in [-0.39, 0.29) is 0 Å². The summed E-state index contributed by atoms with van der Waals surface area (Å²) in [6, 6.07) is 28.2. The van der Waals surface area contributed by atoms with Crippen molar-refractivity contribution in [1.29, 1.82) is 0 Å². The Balaban J connectivity index is 1.85. The predicted octanol–water partition coefficient (Wildman–Crippen LogP) is 7.58. The molecule has 0 aliphatic rings. The van der Waals surface area contributed by atoms with E-state index in [4.69, 9.17) is 4.42 Å². The summed E-state index contributed by atoms with van der Waals surface area (Å²) >= 11 is 0. The molecule has 1 heterocycles. The van der Waals surface area contributed by atoms with E-state index in [1.807, 2.05) is 72.8 Å². The number of alkyl halides is 3. The van der Waals surface area contributed by atoms with Crippen LogP contribution in [-0.2, 0) is 6.18 Å². The fraction of sp³-hybridized carbons (Fsp3) is 0.0417. The molecule has 3 aromatic carbocycles. The zero-order valence-corrected chi connectivity index (χ0v) is 14.8. The lowest BCUT2D eigenvalue weighted by molar-refractivity contribution is -0.137. The summed E-state index contributed by atoms with van der Waals surface area (Å²) in [5.41, 5.74) is 2.74. The Morgan fingerprint density at radius 2 is 0.964 bits per heavy atom. The molecule has 0 saturated carbocycles. The van der Waals surface area contributed by atoms with Crippen molar-refractivity contribution in [2.75, 3.05) is 0 Å². The molecule has 0 aliphatic carbocycles. The van der Waals surface area contributed by atoms with E-state index >= 15 is 0 Å². The third-order valence-electron chi connectivity index (χ3n) is 4.46. The molecule has 4 heteroatoms. The average molecular weight is 377 g/mol. The zero-order valence-electron chi connectivity index (χ0n) is 14.8. The largest absolute Gasteiger partial charge is 0.416 e. The van der Waals surface area contributed by atoms with Crippen LogP contribution < -0.4 is 0 Å². The van der Waals surface area contributed by atoms with Gasteiger partial charge in [0.25, 0.3) is 0 Å². The molecular formula is C24H16F3O+. The molecule has 0 atom stereocenters. The first kappa shape index (κ1) is 18.0. The van der Waals surface area contributed by atoms with Crippen LogP contribution in [0.1, 0.15) is 5.56 Å². The van der Waals surface area contributed by atoms with Gasteiger partial charge in [0.15, 0.2) is 0 Å². The quantitative estimate of drug-likeness (QED) is 0.335. The third kappa shape index (κ3) is 3.81. The lowest BCUT2D eigenvalue weighted by atomic mass is 10.0. The van der Waals surface area contributed by atoms with Crippen LogP contribution in [0.15, 0.2) is 101 Å². The van der Waals surface area contributed by atoms with Crippen molar-refractivity contribution in [1.82, 2.24) is 0 Å². The molecule has 1 nitrogen and oxygen atoms in total. The maximum atomic E-state index is 12.9. The maximum Gasteiger partial charge on any atom is 0.416 e. The van der Waals surface area contributed by atoms with Crippen LogP contribution in [0.25, 0.3) is 33.8 Å². The molecule has 4 rings (SSSR count). The van der Waals surface area contributed by atoms with Crippen LogP contribution in [0.5, 0.6) is 0 Å². The zero-order chi connectivity index (χ0) is 19.6. The Hall–Kier alpha value is -3.40. The van der Waals surface area contributed by atoms with Gasteiger partial charge in [-0.1, -0.05) is 48.5 Å². The molecule has 0 radical (unpaired) electrons. The van der Waals surface area contributed by atoms with Gasteiger partial charge >= 0.3 is 17.7 Å². The van der Waals surface area contributed by atoms with Gasteiger partial charge in [0.2, 0.25) is 0 Å². The van der Waals surface area contributed by atoms with Crippen molar-refractivity contribution in [3.8, 4) is 33.8 Å². The van der Waals surface area contributed by atoms with Crippen LogP contribution in [0, 0.1) is 0 Å². The summed E-state index contributed by atoms with van der Waals surface area (Å²) in [6.45, 7) is 0. The smallest absolute Gasteiger partial charge is 0.207 e. The second kappa shape index (κ2) is 7.31. The number of halogens is 3. The minimum absolute atomic E-state index is 0.508. The van der Waals surface area contributed by atoms with Gasteiger partial charge in [0.1, 0.15) is 0 Å². The monoisotopic (exact) mass is 377 g/mol. The van der Waals surface area contributed by atoms with Crippen LogP contribution in [0.4, 0.5) is 13.2 Å². The highest BCUT2D eigenvalue weighted by molar-refractivity contribution is 5.74. The number of benzene rings is 3. The molecule has 0 fully saturated rings. The third-order valence-corrected chi connectivity index (χ3v) is 4.46. The van der Waals surface area contributed by atoms with E-state index in [2.05, 4.69) is 0 Å². The van der Waals surface area contributed by atoms with E-state index in [0.29, 0.717) is 17.1 Å². The van der Waals surface area contributed by atoms with Gasteiger partial charge in [-0.2, -0.15) is 13.2 Å². The van der Waals surface area contributed by atoms with Gasteiger partial charge in [0, 0.05) is 5.56 Å². The van der Waals surface area contributed by atoms with E-state index in [1.165, 1.54) is 12.1 Å². The Morgan fingerprint density at radius 1 is 0.500 bits per heavy atom. The van der Waals surface area contributed by atoms with E-state index in [9.17, 15) is 13.2 Å². The molecule has 4 aromatic rings. The topological polar surface area (TPSA) is 11.3 Å². The van der Waals surface area contributed by atoms with Gasteiger partial charge in [0.05, 0.1) is 28.8 Å². The summed E-state index contributed by atoms with van der Waals surface area (Å²) in [7, 11) is 0. The molecule has 0 N–H and O–H groups in total. The molecule has 0 spiro atoms. The standard InChI is InChI=1S/C24H16F3O/c25-24(26,27)21-13-11-19(12-14-21)23-16-20(17-7-3-1-4-8-17)15-22(28-23)18-9-5-2-6-10-18/h1-16H/q+1. The molecule has 0 saturated heterocycles. The molecule has 0 bridgehead atoms. The summed E-state index contributed by atoms with van der Waals surface area (Å²) in [6.07, 6.45) is -4.36. The highest BCUT2D eigenvalue weighted by atomic mass is 19.4. The highest BCUT2D eigenvalue weighted by Gasteiger charge is 2.30. The maximum absolute atomic E-state index is 12.9. The first-order valence-corrected chi connectivity index (χ1v) is 8.77. The summed E-state index contributed by atoms with van der Waals surface area (Å²) in [5, 5.41) is 0. The van der Waals surface area contributed by atoms with Crippen molar-refractivity contribution in [2.24, 2.45) is 0 Å². The first-order valence-electron chi connectivity index (χ1n) is 8.77. The molecule has 0 unspecified atom stereocenters. The SMILES string of the molecule is FC(F)(F)c1ccc(-c2cc(-c3ccccc3)cc(-c3ccccc3)[o+]2)cc1. The van der Waals surface area contributed by atoms with Crippen LogP contribution in [-0.4, -0.2) is 0 Å². The first-order chi connectivity index (χ1) is 13.5. The van der Waals surface area contributed by atoms with Crippen molar-refractivity contribution in [2.45, 2.75) is 6.18 Å². The van der Waals surface area contributed by atoms with Crippen LogP contribution >= 0.6 is 0 Å². The molecule has 1 aromatic heterocycles. The van der Waals surface area contributed by atoms with Crippen molar-refractivity contribution < 1.29 is 17.6 Å². The van der Waals surface area contributed by atoms with Gasteiger partial charge in [-0.15, -0.1) is 0 Å². The predicted molar refractivity (Wildman–Crippen MR) is 104 cm³/mol. The number of rotatable bonds is 3. The van der Waals surface area contributed by atoms with Gasteiger partial charge in [-0.25, -0.2) is 4.42 Å². The molecule has 0 amide bonds. The van der Waals surface area contributed by atoms with Crippen molar-refractivity contribution in [3.63, 3.8) is 0 Å². The van der Waals surface area contributed by atoms with E-state index < -0.39 is 11.7 Å². The van der Waals surface area contributed by atoms with Gasteiger partial charge in [-0.3, -0.25) is 0 Å². The second-order valence-electron chi connectivity index (χ2n) is 6.38. The fourth-order valence-electron chi connectivity index (χ4n) is 3.01. The fourth-order valence-corrected chi connectivity index (χ4v) is 3.01. The summed E-state index contributed by atoms with van der Waals surface area (Å²) in [5.74, 6) is 1.16. The van der Waals surface area contributed by atoms with Gasteiger partial charge in [-0.05, 0) is 42.0 Å².